The van der Waals surface area contributed by atoms with Crippen molar-refractivity contribution in [3.63, 3.8) is 0 Å². The lowest BCUT2D eigenvalue weighted by Gasteiger charge is -2.18. The SMILES string of the molecule is c1cc2ccc3ccc(-c4ccc(-c5ccc6ccc7cccc8ccc5c6c78)cc4)c4ccc(c1)c2c34.c1ccc(-c2ccc(-c3c4ccccc4c(-c4ccc5oc6ccccc6c5c4)c4ccccc34)cc2)cc1. The largest absolute Gasteiger partial charge is 0.456 e. The van der Waals surface area contributed by atoms with Crippen LogP contribution in [0.4, 0.5) is 0 Å². The molecule has 0 aliphatic carbocycles. The fourth-order valence-electron chi connectivity index (χ4n) is 12.9. The average Bonchev–Trinajstić information content (AvgIpc) is 3.92. The predicted octanol–water partition coefficient (Wildman–Crippen LogP) is 21.7. The number of fused-ring (bicyclic) bond motifs is 5. The summed E-state index contributed by atoms with van der Waals surface area (Å²) in [6.07, 6.45) is 0. The maximum atomic E-state index is 6.14. The molecule has 0 aliphatic heterocycles. The number of rotatable bonds is 5. The normalized spacial score (nSPS) is 11.9. The van der Waals surface area contributed by atoms with Crippen molar-refractivity contribution >= 4 is 108 Å². The molecule has 0 atom stereocenters. The molecule has 0 amide bonds. The quantitative estimate of drug-likeness (QED) is 0.124. The first-order valence-electron chi connectivity index (χ1n) is 26.6. The minimum absolute atomic E-state index is 0.920. The lowest BCUT2D eigenvalue weighted by molar-refractivity contribution is 0.669. The zero-order valence-corrected chi connectivity index (χ0v) is 42.0. The van der Waals surface area contributed by atoms with Crippen LogP contribution in [0.5, 0.6) is 0 Å². The van der Waals surface area contributed by atoms with Gasteiger partial charge in [0.2, 0.25) is 0 Å². The zero-order valence-electron chi connectivity index (χ0n) is 42.0. The van der Waals surface area contributed by atoms with Crippen LogP contribution < -0.4 is 0 Å². The summed E-state index contributed by atoms with van der Waals surface area (Å²) in [5.74, 6) is 0. The van der Waals surface area contributed by atoms with Crippen LogP contribution in [0.2, 0.25) is 0 Å². The van der Waals surface area contributed by atoms with E-state index in [4.69, 9.17) is 4.42 Å². The Labute approximate surface area is 444 Å². The van der Waals surface area contributed by atoms with E-state index >= 15 is 0 Å². The van der Waals surface area contributed by atoms with Gasteiger partial charge in [0.25, 0.3) is 0 Å². The third kappa shape index (κ3) is 6.88. The highest BCUT2D eigenvalue weighted by Crippen LogP contribution is 2.46. The Morgan fingerprint density at radius 1 is 0.182 bits per heavy atom. The van der Waals surface area contributed by atoms with Gasteiger partial charge in [0.1, 0.15) is 11.2 Å². The van der Waals surface area contributed by atoms with Crippen LogP contribution in [-0.2, 0) is 0 Å². The minimum Gasteiger partial charge on any atom is -0.456 e. The zero-order chi connectivity index (χ0) is 50.6. The highest BCUT2D eigenvalue weighted by molar-refractivity contribution is 6.27. The van der Waals surface area contributed by atoms with E-state index in [-0.39, 0.29) is 0 Å². The molecule has 0 bridgehead atoms. The summed E-state index contributed by atoms with van der Waals surface area (Å²) in [7, 11) is 0. The van der Waals surface area contributed by atoms with Crippen molar-refractivity contribution < 1.29 is 4.42 Å². The van der Waals surface area contributed by atoms with Crippen molar-refractivity contribution in [2.45, 2.75) is 0 Å². The third-order valence-electron chi connectivity index (χ3n) is 16.4. The van der Waals surface area contributed by atoms with E-state index in [1.807, 2.05) is 12.1 Å². The van der Waals surface area contributed by atoms with Gasteiger partial charge in [-0.05, 0) is 160 Å². The van der Waals surface area contributed by atoms with Gasteiger partial charge in [0.05, 0.1) is 0 Å². The molecule has 0 spiro atoms. The second-order valence-corrected chi connectivity index (χ2v) is 20.6. The Morgan fingerprint density at radius 3 is 1.06 bits per heavy atom. The van der Waals surface area contributed by atoms with Crippen molar-refractivity contribution in [1.82, 2.24) is 0 Å². The average molecular weight is 975 g/mol. The first-order chi connectivity index (χ1) is 38.2. The summed E-state index contributed by atoms with van der Waals surface area (Å²) >= 11 is 0. The van der Waals surface area contributed by atoms with E-state index in [9.17, 15) is 0 Å². The van der Waals surface area contributed by atoms with E-state index < -0.39 is 0 Å². The van der Waals surface area contributed by atoms with Crippen LogP contribution in [0.25, 0.3) is 164 Å². The molecule has 1 heteroatoms. The summed E-state index contributed by atoms with van der Waals surface area (Å²) in [4.78, 5) is 0. The van der Waals surface area contributed by atoms with Gasteiger partial charge in [0, 0.05) is 10.8 Å². The maximum Gasteiger partial charge on any atom is 0.135 e. The van der Waals surface area contributed by atoms with E-state index in [2.05, 4.69) is 267 Å². The molecular weight excluding hydrogens is 929 g/mol. The molecule has 0 aliphatic rings. The molecule has 17 aromatic rings. The van der Waals surface area contributed by atoms with Crippen LogP contribution in [0, 0.1) is 0 Å². The van der Waals surface area contributed by atoms with Crippen LogP contribution >= 0.6 is 0 Å². The standard InChI is InChI=1S/C38H24O.C38H22/c1-2-10-25(11-3-1)26-18-20-27(21-19-26)37-30-13-4-6-15-32(30)38(33-16-7-5-14-31(33)37)28-22-23-36-34(24-28)29-12-8-9-17-35(29)39-36;1-3-25-11-13-29-15-19-31(33-21-17-27(5-1)35(25)37(29)33)23-7-9-24(10-8-23)32-20-16-30-14-12-26-4-2-6-28-18-22-34(32)38(30)36(26)28/h1-24H;1-22H. The Morgan fingerprint density at radius 2 is 0.545 bits per heavy atom. The molecule has 1 aromatic heterocycles. The number of para-hydroxylation sites is 1. The van der Waals surface area contributed by atoms with E-state index in [0.717, 1.165) is 21.9 Å². The van der Waals surface area contributed by atoms with Crippen molar-refractivity contribution in [2.75, 3.05) is 0 Å². The lowest BCUT2D eigenvalue weighted by atomic mass is 9.85. The van der Waals surface area contributed by atoms with Gasteiger partial charge in [-0.15, -0.1) is 0 Å². The molecule has 1 nitrogen and oxygen atoms in total. The molecule has 0 saturated carbocycles. The first-order valence-corrected chi connectivity index (χ1v) is 26.6. The van der Waals surface area contributed by atoms with E-state index in [0.29, 0.717) is 0 Å². The molecule has 17 rings (SSSR count). The number of hydrogen-bond acceptors (Lipinski definition) is 1. The molecule has 0 radical (unpaired) electrons. The topological polar surface area (TPSA) is 13.1 Å². The molecule has 356 valence electrons. The van der Waals surface area contributed by atoms with Crippen LogP contribution in [-0.4, -0.2) is 0 Å². The van der Waals surface area contributed by atoms with Crippen molar-refractivity contribution in [1.29, 1.82) is 0 Å². The maximum absolute atomic E-state index is 6.14. The van der Waals surface area contributed by atoms with Crippen LogP contribution in [0.1, 0.15) is 0 Å². The highest BCUT2D eigenvalue weighted by Gasteiger charge is 2.19. The predicted molar refractivity (Wildman–Crippen MR) is 330 cm³/mol. The summed E-state index contributed by atoms with van der Waals surface area (Å²) in [5, 5.41) is 23.3. The molecule has 0 fully saturated rings. The van der Waals surface area contributed by atoms with E-state index in [1.165, 1.54) is 142 Å². The molecular formula is C76H46O. The van der Waals surface area contributed by atoms with Gasteiger partial charge in [0.15, 0.2) is 0 Å². The highest BCUT2D eigenvalue weighted by atomic mass is 16.3. The van der Waals surface area contributed by atoms with Crippen molar-refractivity contribution in [3.8, 4) is 55.6 Å². The summed E-state index contributed by atoms with van der Waals surface area (Å²) in [5.41, 5.74) is 14.4. The second-order valence-electron chi connectivity index (χ2n) is 20.6. The number of benzene rings is 16. The molecule has 1 heterocycles. The Kier molecular flexibility index (Phi) is 9.71. The third-order valence-corrected chi connectivity index (χ3v) is 16.4. The van der Waals surface area contributed by atoms with Crippen molar-refractivity contribution in [2.24, 2.45) is 0 Å². The van der Waals surface area contributed by atoms with Gasteiger partial charge in [-0.3, -0.25) is 0 Å². The molecule has 0 unspecified atom stereocenters. The molecule has 0 saturated heterocycles. The van der Waals surface area contributed by atoms with Crippen LogP contribution in [0.3, 0.4) is 0 Å². The summed E-state index contributed by atoms with van der Waals surface area (Å²) in [6, 6.07) is 102. The fraction of sp³-hybridized carbons (Fsp3) is 0. The first kappa shape index (κ1) is 43.3. The Bertz CT molecular complexity index is 4860. The Hall–Kier alpha value is -10.1. The monoisotopic (exact) mass is 974 g/mol. The molecule has 16 aromatic carbocycles. The van der Waals surface area contributed by atoms with E-state index in [1.54, 1.807) is 0 Å². The summed E-state index contributed by atoms with van der Waals surface area (Å²) in [6.45, 7) is 0. The van der Waals surface area contributed by atoms with Gasteiger partial charge in [-0.25, -0.2) is 0 Å². The van der Waals surface area contributed by atoms with Crippen LogP contribution in [0.15, 0.2) is 283 Å². The fourth-order valence-corrected chi connectivity index (χ4v) is 12.9. The molecule has 77 heavy (non-hydrogen) atoms. The smallest absolute Gasteiger partial charge is 0.135 e. The lowest BCUT2D eigenvalue weighted by Crippen LogP contribution is -1.91. The molecule has 0 N–H and O–H groups in total. The van der Waals surface area contributed by atoms with Gasteiger partial charge < -0.3 is 4.42 Å². The van der Waals surface area contributed by atoms with Gasteiger partial charge in [-0.2, -0.15) is 0 Å². The second kappa shape index (κ2) is 17.2. The minimum atomic E-state index is 0.920. The van der Waals surface area contributed by atoms with Crippen molar-refractivity contribution in [3.05, 3.63) is 279 Å². The summed E-state index contributed by atoms with van der Waals surface area (Å²) < 4.78 is 6.14. The van der Waals surface area contributed by atoms with Gasteiger partial charge >= 0.3 is 0 Å². The number of furan rings is 1. The van der Waals surface area contributed by atoms with Gasteiger partial charge in [-0.1, -0.05) is 261 Å². The number of hydrogen-bond donors (Lipinski definition) is 0. The Balaban J connectivity index is 0.000000129.